The molecule has 4 heteroatoms. The van der Waals surface area contributed by atoms with Crippen molar-refractivity contribution >= 4 is 5.97 Å². The molecule has 0 aromatic rings. The molecule has 4 nitrogen and oxygen atoms in total. The largest absolute Gasteiger partial charge is 0.465 e. The van der Waals surface area contributed by atoms with Gasteiger partial charge in [0.25, 0.3) is 0 Å². The van der Waals surface area contributed by atoms with Gasteiger partial charge in [-0.1, -0.05) is 12.8 Å². The first-order valence-electron chi connectivity index (χ1n) is 5.40. The number of ether oxygens (including phenoxy) is 1. The third-order valence-electron chi connectivity index (χ3n) is 3.07. The van der Waals surface area contributed by atoms with Gasteiger partial charge in [-0.25, -0.2) is 0 Å². The Morgan fingerprint density at radius 1 is 1.50 bits per heavy atom. The maximum atomic E-state index is 11.5. The van der Waals surface area contributed by atoms with Crippen LogP contribution in [0.2, 0.25) is 0 Å². The molecule has 3 atom stereocenters. The molecule has 80 valence electrons. The Kier molecular flexibility index (Phi) is 3.03. The number of esters is 1. The van der Waals surface area contributed by atoms with Crippen molar-refractivity contribution in [3.63, 3.8) is 0 Å². The molecule has 0 unspecified atom stereocenters. The predicted octanol–water partition coefficient (Wildman–Crippen LogP) is 1.01. The SMILES string of the molecule is CCOC(=O)[C@@H]1NO[C@H]2CCCC[C@H]21. The zero-order chi connectivity index (χ0) is 9.97. The maximum Gasteiger partial charge on any atom is 0.325 e. The van der Waals surface area contributed by atoms with E-state index in [0.29, 0.717) is 12.5 Å². The van der Waals surface area contributed by atoms with Gasteiger partial charge in [0, 0.05) is 5.92 Å². The van der Waals surface area contributed by atoms with E-state index in [2.05, 4.69) is 5.48 Å². The minimum atomic E-state index is -0.236. The molecule has 1 saturated carbocycles. The van der Waals surface area contributed by atoms with Crippen LogP contribution in [0.25, 0.3) is 0 Å². The first-order valence-corrected chi connectivity index (χ1v) is 5.40. The molecule has 1 aliphatic heterocycles. The monoisotopic (exact) mass is 199 g/mol. The lowest BCUT2D eigenvalue weighted by Crippen LogP contribution is -2.38. The number of carbonyl (C=O) groups is 1. The molecule has 0 bridgehead atoms. The van der Waals surface area contributed by atoms with Gasteiger partial charge in [-0.15, -0.1) is 0 Å². The smallest absolute Gasteiger partial charge is 0.325 e. The van der Waals surface area contributed by atoms with E-state index in [1.807, 2.05) is 6.92 Å². The summed E-state index contributed by atoms with van der Waals surface area (Å²) in [7, 11) is 0. The third-order valence-corrected chi connectivity index (χ3v) is 3.07. The fraction of sp³-hybridized carbons (Fsp3) is 0.900. The molecule has 0 radical (unpaired) electrons. The molecule has 1 N–H and O–H groups in total. The summed E-state index contributed by atoms with van der Waals surface area (Å²) in [4.78, 5) is 16.9. The second-order valence-corrected chi connectivity index (χ2v) is 3.95. The highest BCUT2D eigenvalue weighted by molar-refractivity contribution is 5.76. The molecule has 2 rings (SSSR count). The van der Waals surface area contributed by atoms with Gasteiger partial charge in [0.2, 0.25) is 0 Å². The first kappa shape index (κ1) is 9.93. The molecule has 2 aliphatic rings. The van der Waals surface area contributed by atoms with Crippen LogP contribution in [0.3, 0.4) is 0 Å². The van der Waals surface area contributed by atoms with Crippen LogP contribution in [0.1, 0.15) is 32.6 Å². The van der Waals surface area contributed by atoms with Gasteiger partial charge in [0.1, 0.15) is 6.04 Å². The number of rotatable bonds is 2. The van der Waals surface area contributed by atoms with Gasteiger partial charge in [-0.2, -0.15) is 5.48 Å². The first-order chi connectivity index (χ1) is 6.83. The van der Waals surface area contributed by atoms with E-state index in [0.717, 1.165) is 12.8 Å². The highest BCUT2D eigenvalue weighted by Crippen LogP contribution is 2.33. The summed E-state index contributed by atoms with van der Waals surface area (Å²) in [6.45, 7) is 2.26. The number of hydroxylamine groups is 1. The summed E-state index contributed by atoms with van der Waals surface area (Å²) in [5.41, 5.74) is 2.81. The molecular formula is C10H17NO3. The molecule has 0 aromatic carbocycles. The standard InChI is InChI=1S/C10H17NO3/c1-2-13-10(12)9-7-5-3-4-6-8(7)14-11-9/h7-9,11H,2-6H2,1H3/t7-,8+,9-/m1/s1. The molecule has 14 heavy (non-hydrogen) atoms. The van der Waals surface area contributed by atoms with Gasteiger partial charge >= 0.3 is 5.97 Å². The van der Waals surface area contributed by atoms with Crippen molar-refractivity contribution in [3.05, 3.63) is 0 Å². The third kappa shape index (κ3) is 1.77. The minimum Gasteiger partial charge on any atom is -0.465 e. The quantitative estimate of drug-likeness (QED) is 0.674. The maximum absolute atomic E-state index is 11.5. The zero-order valence-corrected chi connectivity index (χ0v) is 8.49. The van der Waals surface area contributed by atoms with Crippen LogP contribution in [0.5, 0.6) is 0 Å². The van der Waals surface area contributed by atoms with Crippen LogP contribution in [0.15, 0.2) is 0 Å². The van der Waals surface area contributed by atoms with Crippen LogP contribution in [-0.4, -0.2) is 24.7 Å². The van der Waals surface area contributed by atoms with Gasteiger partial charge < -0.3 is 4.74 Å². The normalized spacial score (nSPS) is 36.5. The summed E-state index contributed by atoms with van der Waals surface area (Å²) in [6, 6.07) is -0.236. The Labute approximate surface area is 83.9 Å². The second-order valence-electron chi connectivity index (χ2n) is 3.95. The van der Waals surface area contributed by atoms with E-state index < -0.39 is 0 Å². The number of hydrogen-bond acceptors (Lipinski definition) is 4. The lowest BCUT2D eigenvalue weighted by molar-refractivity contribution is -0.147. The number of hydrogen-bond donors (Lipinski definition) is 1. The van der Waals surface area contributed by atoms with Crippen LogP contribution < -0.4 is 5.48 Å². The van der Waals surface area contributed by atoms with Crippen molar-refractivity contribution in [2.24, 2.45) is 5.92 Å². The minimum absolute atomic E-state index is 0.165. The Hall–Kier alpha value is -0.610. The highest BCUT2D eigenvalue weighted by atomic mass is 16.7. The molecule has 0 aromatic heterocycles. The van der Waals surface area contributed by atoms with Crippen molar-refractivity contribution in [2.45, 2.75) is 44.8 Å². The Morgan fingerprint density at radius 2 is 2.29 bits per heavy atom. The average molecular weight is 199 g/mol. The number of nitrogens with one attached hydrogen (secondary N) is 1. The van der Waals surface area contributed by atoms with Gasteiger partial charge in [-0.05, 0) is 19.8 Å². The van der Waals surface area contributed by atoms with E-state index in [1.165, 1.54) is 12.8 Å². The molecule has 1 aliphatic carbocycles. The average Bonchev–Trinajstić information content (AvgIpc) is 2.61. The summed E-state index contributed by atoms with van der Waals surface area (Å²) in [5, 5.41) is 0. The van der Waals surface area contributed by atoms with Gasteiger partial charge in [0.15, 0.2) is 0 Å². The van der Waals surface area contributed by atoms with E-state index in [9.17, 15) is 4.79 Å². The van der Waals surface area contributed by atoms with Gasteiger partial charge in [0.05, 0.1) is 12.7 Å². The molecule has 0 spiro atoms. The van der Waals surface area contributed by atoms with E-state index >= 15 is 0 Å². The lowest BCUT2D eigenvalue weighted by Gasteiger charge is -2.24. The summed E-state index contributed by atoms with van der Waals surface area (Å²) in [6.07, 6.45) is 4.76. The van der Waals surface area contributed by atoms with Crippen LogP contribution >= 0.6 is 0 Å². The molecule has 2 fully saturated rings. The Balaban J connectivity index is 1.96. The van der Waals surface area contributed by atoms with Crippen molar-refractivity contribution in [1.29, 1.82) is 0 Å². The Bertz CT molecular complexity index is 219. The lowest BCUT2D eigenvalue weighted by atomic mass is 9.83. The van der Waals surface area contributed by atoms with Gasteiger partial charge in [-0.3, -0.25) is 9.63 Å². The molecule has 1 saturated heterocycles. The van der Waals surface area contributed by atoms with Crippen LogP contribution in [0, 0.1) is 5.92 Å². The molecule has 1 heterocycles. The van der Waals surface area contributed by atoms with Crippen LogP contribution in [0.4, 0.5) is 0 Å². The highest BCUT2D eigenvalue weighted by Gasteiger charge is 2.43. The summed E-state index contributed by atoms with van der Waals surface area (Å²) in [5.74, 6) is 0.157. The van der Waals surface area contributed by atoms with Crippen molar-refractivity contribution in [3.8, 4) is 0 Å². The Morgan fingerprint density at radius 3 is 3.07 bits per heavy atom. The summed E-state index contributed by atoms with van der Waals surface area (Å²) < 4.78 is 4.99. The number of carbonyl (C=O) groups excluding carboxylic acids is 1. The predicted molar refractivity (Wildman–Crippen MR) is 50.4 cm³/mol. The van der Waals surface area contributed by atoms with E-state index in [-0.39, 0.29) is 18.1 Å². The summed E-state index contributed by atoms with van der Waals surface area (Å²) >= 11 is 0. The fourth-order valence-corrected chi connectivity index (χ4v) is 2.36. The van der Waals surface area contributed by atoms with Crippen molar-refractivity contribution in [2.75, 3.05) is 6.61 Å². The second kappa shape index (κ2) is 4.28. The molecule has 0 amide bonds. The fourth-order valence-electron chi connectivity index (χ4n) is 2.36. The number of fused-ring (bicyclic) bond motifs is 1. The van der Waals surface area contributed by atoms with Crippen molar-refractivity contribution in [1.82, 2.24) is 5.48 Å². The zero-order valence-electron chi connectivity index (χ0n) is 8.49. The molecular weight excluding hydrogens is 182 g/mol. The van der Waals surface area contributed by atoms with Crippen LogP contribution in [-0.2, 0) is 14.4 Å². The van der Waals surface area contributed by atoms with E-state index in [4.69, 9.17) is 9.57 Å². The topological polar surface area (TPSA) is 47.6 Å². The van der Waals surface area contributed by atoms with Crippen molar-refractivity contribution < 1.29 is 14.4 Å². The van der Waals surface area contributed by atoms with E-state index in [1.54, 1.807) is 0 Å².